The lowest BCUT2D eigenvalue weighted by molar-refractivity contribution is 0.276. The van der Waals surface area contributed by atoms with E-state index in [0.29, 0.717) is 5.75 Å². The molecule has 0 N–H and O–H groups in total. The van der Waals surface area contributed by atoms with E-state index in [2.05, 4.69) is 30.1 Å². The second-order valence-electron chi connectivity index (χ2n) is 5.31. The standard InChI is InChI=1S/C19H16N2OS/c1-13-3-9-18-17(11-13)21-19(23-18)10-6-15-4-7-16(8-5-15)22-14(2)12-20/h3-11,14H,1-2H3/b10-6+. The summed E-state index contributed by atoms with van der Waals surface area (Å²) in [4.78, 5) is 4.63. The Bertz CT molecular complexity index is 888. The van der Waals surface area contributed by atoms with E-state index in [9.17, 15) is 0 Å². The van der Waals surface area contributed by atoms with Crippen molar-refractivity contribution < 1.29 is 4.74 Å². The molecule has 0 aliphatic carbocycles. The molecule has 0 aliphatic heterocycles. The number of fused-ring (bicyclic) bond motifs is 1. The van der Waals surface area contributed by atoms with Gasteiger partial charge in [0.25, 0.3) is 0 Å². The summed E-state index contributed by atoms with van der Waals surface area (Å²) < 4.78 is 6.64. The lowest BCUT2D eigenvalue weighted by Gasteiger charge is -2.07. The van der Waals surface area contributed by atoms with Gasteiger partial charge in [-0.05, 0) is 55.3 Å². The van der Waals surface area contributed by atoms with Crippen LogP contribution in [0.3, 0.4) is 0 Å². The average Bonchev–Trinajstić information content (AvgIpc) is 2.96. The summed E-state index contributed by atoms with van der Waals surface area (Å²) in [6.07, 6.45) is 3.61. The van der Waals surface area contributed by atoms with Crippen LogP contribution in [0.2, 0.25) is 0 Å². The normalized spacial score (nSPS) is 12.4. The van der Waals surface area contributed by atoms with Gasteiger partial charge in [0.2, 0.25) is 0 Å². The molecule has 3 nitrogen and oxygen atoms in total. The minimum Gasteiger partial charge on any atom is -0.476 e. The van der Waals surface area contributed by atoms with Crippen molar-refractivity contribution in [1.82, 2.24) is 4.98 Å². The van der Waals surface area contributed by atoms with Crippen molar-refractivity contribution in [3.63, 3.8) is 0 Å². The summed E-state index contributed by atoms with van der Waals surface area (Å²) in [5, 5.41) is 9.74. The number of aryl methyl sites for hydroxylation is 1. The monoisotopic (exact) mass is 320 g/mol. The molecule has 23 heavy (non-hydrogen) atoms. The van der Waals surface area contributed by atoms with Gasteiger partial charge in [-0.3, -0.25) is 0 Å². The number of aromatic nitrogens is 1. The number of hydrogen-bond donors (Lipinski definition) is 0. The van der Waals surface area contributed by atoms with E-state index in [-0.39, 0.29) is 0 Å². The zero-order valence-corrected chi connectivity index (χ0v) is 13.8. The maximum Gasteiger partial charge on any atom is 0.181 e. The Morgan fingerprint density at radius 1 is 1.17 bits per heavy atom. The summed E-state index contributed by atoms with van der Waals surface area (Å²) in [5.41, 5.74) is 3.34. The number of rotatable bonds is 4. The van der Waals surface area contributed by atoms with E-state index in [1.54, 1.807) is 18.3 Å². The molecule has 0 spiro atoms. The molecule has 0 aliphatic rings. The van der Waals surface area contributed by atoms with Crippen molar-refractivity contribution in [2.24, 2.45) is 0 Å². The van der Waals surface area contributed by atoms with Gasteiger partial charge >= 0.3 is 0 Å². The lowest BCUT2D eigenvalue weighted by Crippen LogP contribution is -2.07. The molecule has 4 heteroatoms. The molecule has 0 saturated carbocycles. The Kier molecular flexibility index (Phi) is 4.40. The van der Waals surface area contributed by atoms with E-state index in [4.69, 9.17) is 10.00 Å². The number of hydrogen-bond acceptors (Lipinski definition) is 4. The minimum atomic E-state index is -0.442. The largest absolute Gasteiger partial charge is 0.476 e. The van der Waals surface area contributed by atoms with E-state index >= 15 is 0 Å². The van der Waals surface area contributed by atoms with Crippen LogP contribution in [0.15, 0.2) is 42.5 Å². The third-order valence-corrected chi connectivity index (χ3v) is 4.35. The van der Waals surface area contributed by atoms with E-state index in [0.717, 1.165) is 16.1 Å². The first-order chi connectivity index (χ1) is 11.1. The van der Waals surface area contributed by atoms with E-state index in [1.165, 1.54) is 10.3 Å². The molecule has 0 bridgehead atoms. The summed E-state index contributed by atoms with van der Waals surface area (Å²) in [6.45, 7) is 3.80. The molecule has 0 fully saturated rings. The first-order valence-corrected chi connectivity index (χ1v) is 8.17. The van der Waals surface area contributed by atoms with Crippen LogP contribution < -0.4 is 4.74 Å². The van der Waals surface area contributed by atoms with Gasteiger partial charge in [0.1, 0.15) is 16.8 Å². The zero-order valence-electron chi connectivity index (χ0n) is 13.0. The second-order valence-corrected chi connectivity index (χ2v) is 6.38. The van der Waals surface area contributed by atoms with E-state index < -0.39 is 6.10 Å². The Morgan fingerprint density at radius 3 is 2.70 bits per heavy atom. The fourth-order valence-electron chi connectivity index (χ4n) is 2.18. The highest BCUT2D eigenvalue weighted by Gasteiger charge is 2.02. The van der Waals surface area contributed by atoms with Crippen LogP contribution in [0.5, 0.6) is 5.75 Å². The summed E-state index contributed by atoms with van der Waals surface area (Å²) >= 11 is 1.68. The Hall–Kier alpha value is -2.64. The molecule has 3 aromatic rings. The van der Waals surface area contributed by atoms with Gasteiger partial charge in [-0.25, -0.2) is 4.98 Å². The van der Waals surface area contributed by atoms with Crippen molar-refractivity contribution in [3.05, 3.63) is 58.6 Å². The number of nitrogens with zero attached hydrogens (tertiary/aromatic N) is 2. The number of thiazole rings is 1. The molecular weight excluding hydrogens is 304 g/mol. The fourth-order valence-corrected chi connectivity index (χ4v) is 3.03. The van der Waals surface area contributed by atoms with Crippen LogP contribution in [0.4, 0.5) is 0 Å². The van der Waals surface area contributed by atoms with Crippen molar-refractivity contribution in [3.8, 4) is 11.8 Å². The second kappa shape index (κ2) is 6.64. The SMILES string of the molecule is Cc1ccc2sc(/C=C/c3ccc(OC(C)C#N)cc3)nc2c1. The molecule has 1 unspecified atom stereocenters. The molecular formula is C19H16N2OS. The van der Waals surface area contributed by atoms with Crippen LogP contribution >= 0.6 is 11.3 Å². The lowest BCUT2D eigenvalue weighted by atomic mass is 10.2. The highest BCUT2D eigenvalue weighted by molar-refractivity contribution is 7.19. The van der Waals surface area contributed by atoms with Gasteiger partial charge in [-0.1, -0.05) is 24.3 Å². The van der Waals surface area contributed by atoms with Gasteiger partial charge in [-0.2, -0.15) is 5.26 Å². The maximum atomic E-state index is 8.75. The highest BCUT2D eigenvalue weighted by Crippen LogP contribution is 2.24. The van der Waals surface area contributed by atoms with Gasteiger partial charge in [0.05, 0.1) is 10.2 Å². The Balaban J connectivity index is 1.75. The summed E-state index contributed by atoms with van der Waals surface area (Å²) in [5.74, 6) is 0.701. The van der Waals surface area contributed by atoms with Crippen LogP contribution in [-0.4, -0.2) is 11.1 Å². The van der Waals surface area contributed by atoms with Crippen molar-refractivity contribution >= 4 is 33.7 Å². The minimum absolute atomic E-state index is 0.442. The highest BCUT2D eigenvalue weighted by atomic mass is 32.1. The molecule has 1 aromatic heterocycles. The molecule has 1 atom stereocenters. The summed E-state index contributed by atoms with van der Waals surface area (Å²) in [6, 6.07) is 16.0. The van der Waals surface area contributed by atoms with Crippen LogP contribution in [-0.2, 0) is 0 Å². The number of benzene rings is 2. The van der Waals surface area contributed by atoms with Crippen LogP contribution in [0.1, 0.15) is 23.1 Å². The molecule has 0 radical (unpaired) electrons. The fraction of sp³-hybridized carbons (Fsp3) is 0.158. The predicted molar refractivity (Wildman–Crippen MR) is 95.4 cm³/mol. The topological polar surface area (TPSA) is 45.9 Å². The van der Waals surface area contributed by atoms with Gasteiger partial charge in [-0.15, -0.1) is 11.3 Å². The van der Waals surface area contributed by atoms with Crippen LogP contribution in [0.25, 0.3) is 22.4 Å². The molecule has 114 valence electrons. The molecule has 3 rings (SSSR count). The van der Waals surface area contributed by atoms with Gasteiger partial charge < -0.3 is 4.74 Å². The van der Waals surface area contributed by atoms with Crippen LogP contribution in [0, 0.1) is 18.3 Å². The smallest absolute Gasteiger partial charge is 0.181 e. The first-order valence-electron chi connectivity index (χ1n) is 7.36. The van der Waals surface area contributed by atoms with Crippen molar-refractivity contribution in [2.45, 2.75) is 20.0 Å². The van der Waals surface area contributed by atoms with Crippen molar-refractivity contribution in [1.29, 1.82) is 5.26 Å². The average molecular weight is 320 g/mol. The molecule has 0 amide bonds. The molecule has 0 saturated heterocycles. The van der Waals surface area contributed by atoms with Crippen molar-refractivity contribution in [2.75, 3.05) is 0 Å². The Labute approximate surface area is 139 Å². The predicted octanol–water partition coefficient (Wildman–Crippen LogP) is 5.07. The Morgan fingerprint density at radius 2 is 1.96 bits per heavy atom. The van der Waals surface area contributed by atoms with Gasteiger partial charge in [0.15, 0.2) is 6.10 Å². The van der Waals surface area contributed by atoms with E-state index in [1.807, 2.05) is 42.5 Å². The third kappa shape index (κ3) is 3.77. The quantitative estimate of drug-likeness (QED) is 0.674. The zero-order chi connectivity index (χ0) is 16.2. The molecule has 1 heterocycles. The summed E-state index contributed by atoms with van der Waals surface area (Å²) in [7, 11) is 0. The third-order valence-electron chi connectivity index (χ3n) is 3.35. The number of nitriles is 1. The first kappa shape index (κ1) is 15.3. The number of ether oxygens (including phenoxy) is 1. The van der Waals surface area contributed by atoms with Gasteiger partial charge in [0, 0.05) is 0 Å². The molecule has 2 aromatic carbocycles. The maximum absolute atomic E-state index is 8.75.